The van der Waals surface area contributed by atoms with Crippen LogP contribution in [0.2, 0.25) is 0 Å². The summed E-state index contributed by atoms with van der Waals surface area (Å²) >= 11 is 1.62. The Kier molecular flexibility index (Phi) is 4.30. The van der Waals surface area contributed by atoms with Crippen LogP contribution in [0.15, 0.2) is 72.4 Å². The van der Waals surface area contributed by atoms with Crippen LogP contribution in [-0.2, 0) is 5.75 Å². The molecule has 0 bridgehead atoms. The third-order valence-electron chi connectivity index (χ3n) is 3.83. The molecule has 2 aromatic heterocycles. The predicted molar refractivity (Wildman–Crippen MR) is 97.0 cm³/mol. The third kappa shape index (κ3) is 3.46. The molecule has 2 heterocycles. The van der Waals surface area contributed by atoms with Crippen molar-refractivity contribution in [2.24, 2.45) is 0 Å². The summed E-state index contributed by atoms with van der Waals surface area (Å²) in [6.07, 6.45) is 5.49. The standard InChI is InChI=1S/C18H16N6S/c1-14-2-6-17(7-3-14)24-18(20-21-22-24)25-12-15-4-8-16(9-5-15)23-11-10-19-13-23/h2-11,13H,12H2,1H3. The molecular weight excluding hydrogens is 332 g/mol. The van der Waals surface area contributed by atoms with Crippen molar-refractivity contribution in [3.63, 3.8) is 0 Å². The van der Waals surface area contributed by atoms with Gasteiger partial charge in [0.15, 0.2) is 0 Å². The number of imidazole rings is 1. The quantitative estimate of drug-likeness (QED) is 0.517. The van der Waals surface area contributed by atoms with E-state index < -0.39 is 0 Å². The number of aromatic nitrogens is 6. The zero-order valence-electron chi connectivity index (χ0n) is 13.6. The highest BCUT2D eigenvalue weighted by Gasteiger charge is 2.09. The van der Waals surface area contributed by atoms with E-state index in [1.807, 2.05) is 22.9 Å². The van der Waals surface area contributed by atoms with Crippen LogP contribution in [0.4, 0.5) is 0 Å². The molecule has 0 radical (unpaired) electrons. The van der Waals surface area contributed by atoms with Gasteiger partial charge in [-0.15, -0.1) is 5.10 Å². The van der Waals surface area contributed by atoms with Crippen molar-refractivity contribution in [3.8, 4) is 11.4 Å². The van der Waals surface area contributed by atoms with E-state index in [-0.39, 0.29) is 0 Å². The van der Waals surface area contributed by atoms with Crippen molar-refractivity contribution in [2.45, 2.75) is 17.8 Å². The third-order valence-corrected chi connectivity index (χ3v) is 4.82. The Hall–Kier alpha value is -2.93. The fourth-order valence-corrected chi connectivity index (χ4v) is 3.29. The molecule has 0 spiro atoms. The normalized spacial score (nSPS) is 10.9. The highest BCUT2D eigenvalue weighted by atomic mass is 32.2. The van der Waals surface area contributed by atoms with Gasteiger partial charge >= 0.3 is 0 Å². The van der Waals surface area contributed by atoms with Crippen LogP contribution in [-0.4, -0.2) is 29.8 Å². The van der Waals surface area contributed by atoms with E-state index in [1.165, 1.54) is 11.1 Å². The zero-order valence-corrected chi connectivity index (χ0v) is 14.5. The van der Waals surface area contributed by atoms with Gasteiger partial charge in [-0.05, 0) is 47.2 Å². The van der Waals surface area contributed by atoms with Gasteiger partial charge in [0, 0.05) is 23.8 Å². The lowest BCUT2D eigenvalue weighted by molar-refractivity contribution is 0.756. The van der Waals surface area contributed by atoms with E-state index in [0.29, 0.717) is 0 Å². The topological polar surface area (TPSA) is 61.4 Å². The maximum atomic E-state index is 4.14. The second kappa shape index (κ2) is 6.90. The highest BCUT2D eigenvalue weighted by Crippen LogP contribution is 2.23. The molecular formula is C18H16N6S. The van der Waals surface area contributed by atoms with Crippen LogP contribution in [0.1, 0.15) is 11.1 Å². The van der Waals surface area contributed by atoms with Gasteiger partial charge in [-0.3, -0.25) is 0 Å². The van der Waals surface area contributed by atoms with Crippen LogP contribution in [0.25, 0.3) is 11.4 Å². The SMILES string of the molecule is Cc1ccc(-n2nnnc2SCc2ccc(-n3ccnc3)cc2)cc1. The summed E-state index contributed by atoms with van der Waals surface area (Å²) in [5, 5.41) is 12.8. The van der Waals surface area contributed by atoms with Crippen molar-refractivity contribution in [3.05, 3.63) is 78.4 Å². The molecule has 0 aliphatic rings. The fraction of sp³-hybridized carbons (Fsp3) is 0.111. The highest BCUT2D eigenvalue weighted by molar-refractivity contribution is 7.98. The van der Waals surface area contributed by atoms with Crippen LogP contribution in [0.5, 0.6) is 0 Å². The van der Waals surface area contributed by atoms with Gasteiger partial charge in [0.25, 0.3) is 0 Å². The molecule has 0 saturated heterocycles. The number of benzene rings is 2. The second-order valence-corrected chi connectivity index (χ2v) is 6.58. The molecule has 0 aliphatic heterocycles. The summed E-state index contributed by atoms with van der Waals surface area (Å²) in [7, 11) is 0. The van der Waals surface area contributed by atoms with Crippen LogP contribution in [0.3, 0.4) is 0 Å². The molecule has 2 aromatic carbocycles. The predicted octanol–water partition coefficient (Wildman–Crippen LogP) is 3.45. The number of hydrogen-bond donors (Lipinski definition) is 0. The summed E-state index contributed by atoms with van der Waals surface area (Å²) < 4.78 is 3.75. The van der Waals surface area contributed by atoms with E-state index in [9.17, 15) is 0 Å². The van der Waals surface area contributed by atoms with Crippen molar-refractivity contribution in [1.82, 2.24) is 29.8 Å². The van der Waals surface area contributed by atoms with Gasteiger partial charge < -0.3 is 4.57 Å². The lowest BCUT2D eigenvalue weighted by Crippen LogP contribution is -1.99. The van der Waals surface area contributed by atoms with E-state index in [1.54, 1.807) is 29.0 Å². The number of thioether (sulfide) groups is 1. The van der Waals surface area contributed by atoms with Crippen molar-refractivity contribution in [2.75, 3.05) is 0 Å². The number of tetrazole rings is 1. The summed E-state index contributed by atoms with van der Waals surface area (Å²) in [6.45, 7) is 2.06. The molecule has 0 aliphatic carbocycles. The molecule has 0 fully saturated rings. The molecule has 0 saturated carbocycles. The molecule has 4 rings (SSSR count). The van der Waals surface area contributed by atoms with Crippen LogP contribution < -0.4 is 0 Å². The average molecular weight is 348 g/mol. The molecule has 4 aromatic rings. The Morgan fingerprint density at radius 1 is 0.960 bits per heavy atom. The van der Waals surface area contributed by atoms with Gasteiger partial charge in [-0.25, -0.2) is 4.98 Å². The Bertz CT molecular complexity index is 942. The van der Waals surface area contributed by atoms with Crippen LogP contribution >= 0.6 is 11.8 Å². The summed E-state index contributed by atoms with van der Waals surface area (Å²) in [5.41, 5.74) is 4.49. The Morgan fingerprint density at radius 2 is 1.72 bits per heavy atom. The minimum Gasteiger partial charge on any atom is -0.306 e. The molecule has 0 amide bonds. The summed E-state index contributed by atoms with van der Waals surface area (Å²) in [5.74, 6) is 0.802. The molecule has 7 heteroatoms. The van der Waals surface area contributed by atoms with Crippen molar-refractivity contribution < 1.29 is 0 Å². The van der Waals surface area contributed by atoms with Gasteiger partial charge in [0.05, 0.1) is 12.0 Å². The number of rotatable bonds is 5. The van der Waals surface area contributed by atoms with E-state index in [4.69, 9.17) is 0 Å². The fourth-order valence-electron chi connectivity index (χ4n) is 2.44. The summed E-state index contributed by atoms with van der Waals surface area (Å²) in [4.78, 5) is 4.07. The molecule has 6 nitrogen and oxygen atoms in total. The maximum Gasteiger partial charge on any atom is 0.214 e. The van der Waals surface area contributed by atoms with E-state index >= 15 is 0 Å². The van der Waals surface area contributed by atoms with Gasteiger partial charge in [-0.2, -0.15) is 4.68 Å². The molecule has 25 heavy (non-hydrogen) atoms. The largest absolute Gasteiger partial charge is 0.306 e. The second-order valence-electron chi connectivity index (χ2n) is 5.63. The molecule has 124 valence electrons. The van der Waals surface area contributed by atoms with Gasteiger partial charge in [-0.1, -0.05) is 41.6 Å². The first-order chi connectivity index (χ1) is 12.3. The van der Waals surface area contributed by atoms with Gasteiger partial charge in [0.2, 0.25) is 5.16 Å². The van der Waals surface area contributed by atoms with E-state index in [2.05, 4.69) is 63.8 Å². The van der Waals surface area contributed by atoms with E-state index in [0.717, 1.165) is 22.3 Å². The number of nitrogens with zero attached hydrogens (tertiary/aromatic N) is 6. The maximum absolute atomic E-state index is 4.14. The molecule has 0 atom stereocenters. The molecule has 0 unspecified atom stereocenters. The average Bonchev–Trinajstić information content (AvgIpc) is 3.33. The van der Waals surface area contributed by atoms with Crippen molar-refractivity contribution in [1.29, 1.82) is 0 Å². The zero-order chi connectivity index (χ0) is 17.1. The van der Waals surface area contributed by atoms with Crippen LogP contribution in [0, 0.1) is 6.92 Å². The first-order valence-corrected chi connectivity index (χ1v) is 8.84. The monoisotopic (exact) mass is 348 g/mol. The first kappa shape index (κ1) is 15.6. The summed E-state index contributed by atoms with van der Waals surface area (Å²) in [6, 6.07) is 16.6. The number of hydrogen-bond acceptors (Lipinski definition) is 5. The smallest absolute Gasteiger partial charge is 0.214 e. The molecule has 0 N–H and O–H groups in total. The lowest BCUT2D eigenvalue weighted by atomic mass is 10.2. The van der Waals surface area contributed by atoms with Gasteiger partial charge in [0.1, 0.15) is 0 Å². The number of aryl methyl sites for hydroxylation is 1. The Labute approximate surface area is 149 Å². The lowest BCUT2D eigenvalue weighted by Gasteiger charge is -2.06. The Morgan fingerprint density at radius 3 is 2.44 bits per heavy atom. The van der Waals surface area contributed by atoms with Crippen molar-refractivity contribution >= 4 is 11.8 Å². The minimum absolute atomic E-state index is 0.780. The minimum atomic E-state index is 0.780. The Balaban J connectivity index is 1.47. The first-order valence-electron chi connectivity index (χ1n) is 7.85.